The average molecular weight is 529 g/mol. The molecule has 0 bridgehead atoms. The molecule has 2 aliphatic heterocycles. The van der Waals surface area contributed by atoms with Crippen molar-refractivity contribution in [1.29, 1.82) is 0 Å². The summed E-state index contributed by atoms with van der Waals surface area (Å²) < 4.78 is 55.6. The van der Waals surface area contributed by atoms with Gasteiger partial charge in [-0.1, -0.05) is 0 Å². The van der Waals surface area contributed by atoms with Gasteiger partial charge in [-0.2, -0.15) is 5.10 Å². The zero-order chi connectivity index (χ0) is 28.9. The molecule has 5 heterocycles. The van der Waals surface area contributed by atoms with Crippen molar-refractivity contribution < 1.29 is 32.3 Å². The molecule has 1 saturated carbocycles. The van der Waals surface area contributed by atoms with Crippen molar-refractivity contribution in [3.8, 4) is 22.8 Å². The summed E-state index contributed by atoms with van der Waals surface area (Å²) in [6, 6.07) is 1.78. The Balaban J connectivity index is 1.17. The van der Waals surface area contributed by atoms with E-state index in [0.29, 0.717) is 28.4 Å². The van der Waals surface area contributed by atoms with Gasteiger partial charge in [0.25, 0.3) is 0 Å². The van der Waals surface area contributed by atoms with E-state index in [0.717, 1.165) is 17.7 Å². The Labute approximate surface area is 222 Å². The SMILES string of the molecule is [2H]C([2H])([2H])N1C[C@@H](OC(=O)N2CCN(c3nc4c(-c5cc(OC)cnc5OC5CC5)cnn4cc3F)CC2)CC1=O. The molecular weight excluding hydrogens is 497 g/mol. The van der Waals surface area contributed by atoms with Crippen LogP contribution in [-0.4, -0.2) is 100 Å². The first-order valence-electron chi connectivity index (χ1n) is 13.9. The number of amides is 2. The van der Waals surface area contributed by atoms with Gasteiger partial charge in [0.15, 0.2) is 17.3 Å². The summed E-state index contributed by atoms with van der Waals surface area (Å²) in [5, 5.41) is 4.28. The maximum atomic E-state index is 15.2. The number of ether oxygens (including phenoxy) is 3. The fourth-order valence-electron chi connectivity index (χ4n) is 4.54. The molecule has 3 aromatic rings. The van der Waals surface area contributed by atoms with Gasteiger partial charge >= 0.3 is 6.09 Å². The number of aromatic nitrogens is 4. The second kappa shape index (κ2) is 9.62. The fraction of sp³-hybridized carbons (Fsp3) is 0.480. The van der Waals surface area contributed by atoms with Gasteiger partial charge in [-0.3, -0.25) is 4.79 Å². The molecule has 0 unspecified atom stereocenters. The van der Waals surface area contributed by atoms with Crippen molar-refractivity contribution in [2.75, 3.05) is 51.7 Å². The largest absolute Gasteiger partial charge is 0.495 e. The Kier molecular flexibility index (Phi) is 5.28. The zero-order valence-electron chi connectivity index (χ0n) is 23.7. The quantitative estimate of drug-likeness (QED) is 0.474. The molecule has 0 spiro atoms. The first-order valence-corrected chi connectivity index (χ1v) is 12.4. The van der Waals surface area contributed by atoms with Crippen LogP contribution in [0.3, 0.4) is 0 Å². The molecular formula is C25H28FN7O5. The second-order valence-electron chi connectivity index (χ2n) is 9.47. The molecule has 200 valence electrons. The Morgan fingerprint density at radius 2 is 1.97 bits per heavy atom. The fourth-order valence-corrected chi connectivity index (χ4v) is 4.54. The Morgan fingerprint density at radius 1 is 1.16 bits per heavy atom. The first-order chi connectivity index (χ1) is 19.6. The predicted octanol–water partition coefficient (Wildman–Crippen LogP) is 1.97. The van der Waals surface area contributed by atoms with Crippen molar-refractivity contribution in [3.63, 3.8) is 0 Å². The van der Waals surface area contributed by atoms with E-state index in [1.165, 1.54) is 15.6 Å². The molecule has 0 aromatic carbocycles. The van der Waals surface area contributed by atoms with E-state index in [4.69, 9.17) is 18.3 Å². The smallest absolute Gasteiger partial charge is 0.410 e. The van der Waals surface area contributed by atoms with Gasteiger partial charge in [-0.15, -0.1) is 0 Å². The minimum Gasteiger partial charge on any atom is -0.495 e. The number of halogens is 1. The van der Waals surface area contributed by atoms with E-state index in [2.05, 4.69) is 15.1 Å². The van der Waals surface area contributed by atoms with Crippen LogP contribution in [0.2, 0.25) is 0 Å². The Bertz CT molecular complexity index is 1490. The summed E-state index contributed by atoms with van der Waals surface area (Å²) in [6.07, 6.45) is 4.76. The van der Waals surface area contributed by atoms with E-state index in [1.54, 1.807) is 30.5 Å². The van der Waals surface area contributed by atoms with Crippen LogP contribution in [0.15, 0.2) is 24.7 Å². The molecule has 38 heavy (non-hydrogen) atoms. The standard InChI is InChI=1S/C25H28FN7O5/c1-30-13-17(10-21(30)34)38-25(35)32-7-5-31(6-8-32)23-20(26)14-33-22(29-23)19(12-28-33)18-9-16(36-2)11-27-24(18)37-15-3-4-15/h9,11-12,14-15,17H,3-8,10,13H2,1-2H3/t17-/m0/s1/i1D3. The van der Waals surface area contributed by atoms with Gasteiger partial charge in [0.1, 0.15) is 18.0 Å². The number of anilines is 1. The van der Waals surface area contributed by atoms with Crippen LogP contribution in [0.1, 0.15) is 23.4 Å². The van der Waals surface area contributed by atoms with Gasteiger partial charge in [-0.25, -0.2) is 23.7 Å². The lowest BCUT2D eigenvalue weighted by molar-refractivity contribution is -0.126. The Morgan fingerprint density at radius 3 is 2.68 bits per heavy atom. The highest BCUT2D eigenvalue weighted by molar-refractivity contribution is 5.82. The molecule has 2 saturated heterocycles. The van der Waals surface area contributed by atoms with Crippen LogP contribution in [0, 0.1) is 5.82 Å². The molecule has 3 aliphatic rings. The summed E-state index contributed by atoms with van der Waals surface area (Å²) in [5.74, 6) is -0.0901. The maximum absolute atomic E-state index is 15.2. The van der Waals surface area contributed by atoms with Crippen LogP contribution >= 0.6 is 0 Å². The minimum atomic E-state index is -2.58. The summed E-state index contributed by atoms with van der Waals surface area (Å²) in [4.78, 5) is 37.7. The lowest BCUT2D eigenvalue weighted by Gasteiger charge is -2.35. The van der Waals surface area contributed by atoms with Gasteiger partial charge in [-0.05, 0) is 18.9 Å². The van der Waals surface area contributed by atoms with Crippen molar-refractivity contribution >= 4 is 23.5 Å². The molecule has 1 atom stereocenters. The highest BCUT2D eigenvalue weighted by Gasteiger charge is 2.33. The minimum absolute atomic E-state index is 0.107. The summed E-state index contributed by atoms with van der Waals surface area (Å²) in [5.41, 5.74) is 1.64. The zero-order valence-corrected chi connectivity index (χ0v) is 20.7. The lowest BCUT2D eigenvalue weighted by Crippen LogP contribution is -2.50. The van der Waals surface area contributed by atoms with E-state index < -0.39 is 30.9 Å². The monoisotopic (exact) mass is 528 g/mol. The predicted molar refractivity (Wildman–Crippen MR) is 133 cm³/mol. The number of nitrogens with zero attached hydrogens (tertiary/aromatic N) is 7. The number of rotatable bonds is 6. The van der Waals surface area contributed by atoms with Crippen LogP contribution in [0.4, 0.5) is 15.0 Å². The van der Waals surface area contributed by atoms with E-state index in [-0.39, 0.29) is 51.1 Å². The molecule has 0 radical (unpaired) electrons. The third-order valence-corrected chi connectivity index (χ3v) is 6.78. The van der Waals surface area contributed by atoms with Crippen LogP contribution in [0.25, 0.3) is 16.8 Å². The van der Waals surface area contributed by atoms with Crippen molar-refractivity contribution in [1.82, 2.24) is 29.4 Å². The molecule has 0 N–H and O–H groups in total. The molecule has 12 nitrogen and oxygen atoms in total. The number of pyridine rings is 1. The molecule has 1 aliphatic carbocycles. The van der Waals surface area contributed by atoms with E-state index in [9.17, 15) is 9.59 Å². The molecule has 3 fully saturated rings. The number of likely N-dealkylation sites (N-methyl/N-ethyl adjacent to an activating group) is 1. The molecule has 2 amide bonds. The number of likely N-dealkylation sites (tertiary alicyclic amines) is 1. The number of hydrogen-bond donors (Lipinski definition) is 0. The number of methoxy groups -OCH3 is 1. The van der Waals surface area contributed by atoms with Gasteiger partial charge in [0.2, 0.25) is 11.8 Å². The maximum Gasteiger partial charge on any atom is 0.410 e. The summed E-state index contributed by atoms with van der Waals surface area (Å²) in [7, 11) is 1.54. The topological polar surface area (TPSA) is 115 Å². The summed E-state index contributed by atoms with van der Waals surface area (Å²) >= 11 is 0. The van der Waals surface area contributed by atoms with Gasteiger partial charge < -0.3 is 28.9 Å². The van der Waals surface area contributed by atoms with Crippen LogP contribution in [0.5, 0.6) is 11.6 Å². The van der Waals surface area contributed by atoms with E-state index >= 15 is 4.39 Å². The van der Waals surface area contributed by atoms with Crippen molar-refractivity contribution in [3.05, 3.63) is 30.5 Å². The molecule has 3 aromatic heterocycles. The van der Waals surface area contributed by atoms with Gasteiger partial charge in [0.05, 0.1) is 49.8 Å². The average Bonchev–Trinajstić information content (AvgIpc) is 3.54. The van der Waals surface area contributed by atoms with E-state index in [1.807, 2.05) is 0 Å². The van der Waals surface area contributed by atoms with Crippen molar-refractivity contribution in [2.24, 2.45) is 0 Å². The second-order valence-corrected chi connectivity index (χ2v) is 9.47. The number of piperazine rings is 1. The highest BCUT2D eigenvalue weighted by Crippen LogP contribution is 2.37. The third kappa shape index (κ3) is 4.63. The highest BCUT2D eigenvalue weighted by atomic mass is 19.1. The number of carbonyl (C=O) groups excluding carboxylic acids is 2. The summed E-state index contributed by atoms with van der Waals surface area (Å²) in [6.45, 7) is -1.76. The molecule has 6 rings (SSSR count). The first kappa shape index (κ1) is 20.8. The van der Waals surface area contributed by atoms with Gasteiger partial charge in [0, 0.05) is 37.3 Å². The molecule has 13 heteroatoms. The van der Waals surface area contributed by atoms with Crippen LogP contribution < -0.4 is 14.4 Å². The van der Waals surface area contributed by atoms with Crippen molar-refractivity contribution in [2.45, 2.75) is 31.5 Å². The Hall–Kier alpha value is -4.16. The third-order valence-electron chi connectivity index (χ3n) is 6.78. The number of fused-ring (bicyclic) bond motifs is 1. The lowest BCUT2D eigenvalue weighted by atomic mass is 10.1. The number of carbonyl (C=O) groups is 2. The number of hydrogen-bond acceptors (Lipinski definition) is 9. The van der Waals surface area contributed by atoms with Crippen LogP contribution in [-0.2, 0) is 9.53 Å². The normalized spacial score (nSPS) is 21.3.